The number of hydrogen-bond acceptors (Lipinski definition) is 4. The highest BCUT2D eigenvalue weighted by molar-refractivity contribution is 7.91. The summed E-state index contributed by atoms with van der Waals surface area (Å²) in [6.07, 6.45) is 1.35. The van der Waals surface area contributed by atoms with Crippen LogP contribution in [0.2, 0.25) is 0 Å². The molecule has 2 heterocycles. The van der Waals surface area contributed by atoms with Gasteiger partial charge in [0.2, 0.25) is 5.91 Å². The van der Waals surface area contributed by atoms with Crippen LogP contribution in [0.25, 0.3) is 0 Å². The van der Waals surface area contributed by atoms with Gasteiger partial charge in [-0.15, -0.1) is 0 Å². The Hall–Kier alpha value is -1.40. The van der Waals surface area contributed by atoms with Crippen molar-refractivity contribution in [1.29, 1.82) is 0 Å². The number of sulfone groups is 1. The van der Waals surface area contributed by atoms with Crippen LogP contribution in [0, 0.1) is 6.92 Å². The molecule has 132 valence electrons. The van der Waals surface area contributed by atoms with E-state index in [4.69, 9.17) is 0 Å². The minimum atomic E-state index is -3.06. The minimum Gasteiger partial charge on any atom is -0.336 e. The second-order valence-electron chi connectivity index (χ2n) is 6.94. The van der Waals surface area contributed by atoms with E-state index in [1.54, 1.807) is 0 Å². The van der Waals surface area contributed by atoms with Crippen molar-refractivity contribution in [3.63, 3.8) is 0 Å². The van der Waals surface area contributed by atoms with E-state index in [-0.39, 0.29) is 29.5 Å². The molecule has 3 rings (SSSR count). The van der Waals surface area contributed by atoms with Crippen molar-refractivity contribution in [2.24, 2.45) is 0 Å². The SMILES string of the molecule is CCCN1CCN(C(=O)Cc2ccccc2C)[C@H]2CS(=O)(=O)C[C@H]21. The second-order valence-corrected chi connectivity index (χ2v) is 9.09. The lowest BCUT2D eigenvalue weighted by molar-refractivity contribution is -0.136. The summed E-state index contributed by atoms with van der Waals surface area (Å²) in [5.41, 5.74) is 2.13. The fourth-order valence-electron chi connectivity index (χ4n) is 3.97. The van der Waals surface area contributed by atoms with Gasteiger partial charge in [0.25, 0.3) is 0 Å². The number of fused-ring (bicyclic) bond motifs is 1. The topological polar surface area (TPSA) is 57.7 Å². The number of nitrogens with zero attached hydrogens (tertiary/aromatic N) is 2. The molecule has 0 bridgehead atoms. The largest absolute Gasteiger partial charge is 0.336 e. The van der Waals surface area contributed by atoms with Gasteiger partial charge in [0.15, 0.2) is 9.84 Å². The minimum absolute atomic E-state index is 0.0375. The Kier molecular flexibility index (Phi) is 4.97. The lowest BCUT2D eigenvalue weighted by atomic mass is 10.0. The predicted octanol–water partition coefficient (Wildman–Crippen LogP) is 1.26. The molecule has 0 radical (unpaired) electrons. The summed E-state index contributed by atoms with van der Waals surface area (Å²) < 4.78 is 24.3. The third-order valence-corrected chi connectivity index (χ3v) is 6.92. The number of hydrogen-bond donors (Lipinski definition) is 0. The van der Waals surface area contributed by atoms with Gasteiger partial charge in [-0.3, -0.25) is 9.69 Å². The van der Waals surface area contributed by atoms with E-state index in [1.165, 1.54) is 0 Å². The number of rotatable bonds is 4. The molecular formula is C18H26N2O3S. The Morgan fingerprint density at radius 3 is 2.58 bits per heavy atom. The molecule has 6 heteroatoms. The zero-order valence-electron chi connectivity index (χ0n) is 14.4. The second kappa shape index (κ2) is 6.84. The zero-order valence-corrected chi connectivity index (χ0v) is 15.3. The molecular weight excluding hydrogens is 324 g/mol. The molecule has 2 saturated heterocycles. The van der Waals surface area contributed by atoms with Crippen molar-refractivity contribution in [2.45, 2.75) is 38.8 Å². The lowest BCUT2D eigenvalue weighted by Gasteiger charge is -2.44. The normalized spacial score (nSPS) is 26.3. The standard InChI is InChI=1S/C18H26N2O3S/c1-3-8-19-9-10-20(17-13-24(22,23)12-16(17)19)18(21)11-15-7-5-4-6-14(15)2/h4-7,16-17H,3,8-13H2,1-2H3/t16-,17+/m1/s1. The number of aryl methyl sites for hydroxylation is 1. The first-order chi connectivity index (χ1) is 11.4. The fourth-order valence-corrected chi connectivity index (χ4v) is 5.98. The summed E-state index contributed by atoms with van der Waals surface area (Å²) in [4.78, 5) is 16.9. The van der Waals surface area contributed by atoms with Gasteiger partial charge >= 0.3 is 0 Å². The first-order valence-electron chi connectivity index (χ1n) is 8.69. The molecule has 0 aromatic heterocycles. The summed E-state index contributed by atoms with van der Waals surface area (Å²) in [6, 6.07) is 7.66. The van der Waals surface area contributed by atoms with E-state index in [9.17, 15) is 13.2 Å². The first-order valence-corrected chi connectivity index (χ1v) is 10.5. The van der Waals surface area contributed by atoms with E-state index in [2.05, 4.69) is 11.8 Å². The molecule has 5 nitrogen and oxygen atoms in total. The summed E-state index contributed by atoms with van der Waals surface area (Å²) in [7, 11) is -3.06. The Balaban J connectivity index is 1.78. The van der Waals surface area contributed by atoms with Crippen molar-refractivity contribution < 1.29 is 13.2 Å². The quantitative estimate of drug-likeness (QED) is 0.820. The predicted molar refractivity (Wildman–Crippen MR) is 94.7 cm³/mol. The zero-order chi connectivity index (χ0) is 17.3. The van der Waals surface area contributed by atoms with Crippen LogP contribution in [0.3, 0.4) is 0 Å². The van der Waals surface area contributed by atoms with Crippen LogP contribution >= 0.6 is 0 Å². The lowest BCUT2D eigenvalue weighted by Crippen LogP contribution is -2.60. The maximum absolute atomic E-state index is 12.9. The summed E-state index contributed by atoms with van der Waals surface area (Å²) in [5, 5.41) is 0. The molecule has 0 aliphatic carbocycles. The van der Waals surface area contributed by atoms with Gasteiger partial charge in [0.05, 0.1) is 24.0 Å². The molecule has 2 aliphatic rings. The highest BCUT2D eigenvalue weighted by Crippen LogP contribution is 2.27. The van der Waals surface area contributed by atoms with Gasteiger partial charge in [-0.25, -0.2) is 8.42 Å². The van der Waals surface area contributed by atoms with Crippen LogP contribution in [-0.2, 0) is 21.1 Å². The Morgan fingerprint density at radius 2 is 1.88 bits per heavy atom. The third kappa shape index (κ3) is 3.49. The molecule has 0 unspecified atom stereocenters. The van der Waals surface area contributed by atoms with E-state index < -0.39 is 9.84 Å². The summed E-state index contributed by atoms with van der Waals surface area (Å²) in [6.45, 7) is 6.40. The van der Waals surface area contributed by atoms with E-state index in [0.29, 0.717) is 13.0 Å². The summed E-state index contributed by atoms with van der Waals surface area (Å²) >= 11 is 0. The van der Waals surface area contributed by atoms with Crippen molar-refractivity contribution >= 4 is 15.7 Å². The van der Waals surface area contributed by atoms with Gasteiger partial charge < -0.3 is 4.90 Å². The van der Waals surface area contributed by atoms with Gasteiger partial charge in [-0.05, 0) is 31.0 Å². The van der Waals surface area contributed by atoms with Crippen molar-refractivity contribution in [3.8, 4) is 0 Å². The Morgan fingerprint density at radius 1 is 1.17 bits per heavy atom. The van der Waals surface area contributed by atoms with Crippen LogP contribution in [0.1, 0.15) is 24.5 Å². The monoisotopic (exact) mass is 350 g/mol. The number of carbonyl (C=O) groups excluding carboxylic acids is 1. The van der Waals surface area contributed by atoms with Crippen LogP contribution in [-0.4, -0.2) is 67.3 Å². The van der Waals surface area contributed by atoms with Gasteiger partial charge in [-0.1, -0.05) is 31.2 Å². The van der Waals surface area contributed by atoms with Crippen LogP contribution < -0.4 is 0 Å². The van der Waals surface area contributed by atoms with E-state index in [0.717, 1.165) is 30.6 Å². The molecule has 2 fully saturated rings. The van der Waals surface area contributed by atoms with Crippen LogP contribution in [0.4, 0.5) is 0 Å². The average Bonchev–Trinajstić information content (AvgIpc) is 2.85. The molecule has 1 aromatic carbocycles. The average molecular weight is 350 g/mol. The highest BCUT2D eigenvalue weighted by Gasteiger charge is 2.47. The molecule has 0 N–H and O–H groups in total. The number of piperazine rings is 1. The van der Waals surface area contributed by atoms with Crippen molar-refractivity contribution in [2.75, 3.05) is 31.1 Å². The third-order valence-electron chi connectivity index (χ3n) is 5.23. The van der Waals surface area contributed by atoms with E-state index >= 15 is 0 Å². The Bertz CT molecular complexity index is 717. The maximum atomic E-state index is 12.9. The van der Waals surface area contributed by atoms with E-state index in [1.807, 2.05) is 36.1 Å². The van der Waals surface area contributed by atoms with Gasteiger partial charge in [-0.2, -0.15) is 0 Å². The molecule has 24 heavy (non-hydrogen) atoms. The molecule has 2 atom stereocenters. The van der Waals surface area contributed by atoms with Crippen molar-refractivity contribution in [3.05, 3.63) is 35.4 Å². The summed E-state index contributed by atoms with van der Waals surface area (Å²) in [5.74, 6) is 0.344. The van der Waals surface area contributed by atoms with Crippen molar-refractivity contribution in [1.82, 2.24) is 9.80 Å². The van der Waals surface area contributed by atoms with Gasteiger partial charge in [0.1, 0.15) is 0 Å². The van der Waals surface area contributed by atoms with Gasteiger partial charge in [0, 0.05) is 19.1 Å². The highest BCUT2D eigenvalue weighted by atomic mass is 32.2. The Labute approximate surface area is 144 Å². The first kappa shape index (κ1) is 17.4. The smallest absolute Gasteiger partial charge is 0.227 e. The molecule has 2 aliphatic heterocycles. The molecule has 1 aromatic rings. The van der Waals surface area contributed by atoms with Crippen LogP contribution in [0.15, 0.2) is 24.3 Å². The molecule has 0 saturated carbocycles. The molecule has 1 amide bonds. The maximum Gasteiger partial charge on any atom is 0.227 e. The molecule has 0 spiro atoms. The van der Waals surface area contributed by atoms with Crippen LogP contribution in [0.5, 0.6) is 0 Å². The number of carbonyl (C=O) groups is 1. The fraction of sp³-hybridized carbons (Fsp3) is 0.611. The number of benzene rings is 1. The number of amides is 1.